The van der Waals surface area contributed by atoms with Gasteiger partial charge in [0.05, 0.1) is 5.54 Å². The van der Waals surface area contributed by atoms with Crippen LogP contribution in [-0.2, 0) is 10.3 Å². The van der Waals surface area contributed by atoms with E-state index in [2.05, 4.69) is 9.55 Å². The number of rotatable bonds is 4. The quantitative estimate of drug-likeness (QED) is 0.676. The Morgan fingerprint density at radius 1 is 1.07 bits per heavy atom. The van der Waals surface area contributed by atoms with Crippen molar-refractivity contribution in [3.8, 4) is 11.4 Å². The third-order valence-corrected chi connectivity index (χ3v) is 7.20. The molecule has 0 spiro atoms. The third-order valence-electron chi connectivity index (χ3n) is 7.20. The summed E-state index contributed by atoms with van der Waals surface area (Å²) in [6.45, 7) is 0. The third kappa shape index (κ3) is 2.95. The standard InChI is InChI=1S/C19H16FN3O.C6H10/c20-14-7-5-13(6-8-14)19(10-9-17(21)24)16-4-2-1-3-15(16)18-22-11-12-23(18)19;1-2-6-4-3-5(1)6/h1-8,11-12H,9-10H2,(H2,21,24);5-6H,1-4H2. The molecule has 2 aromatic carbocycles. The SMILES string of the molecule is C1CC2CCC12.NC(=O)CCC1(c2ccc(F)cc2)c2ccccc2-c2nccn21. The highest BCUT2D eigenvalue weighted by Crippen LogP contribution is 2.50. The number of primary amides is 1. The molecular weight excluding hydrogens is 377 g/mol. The molecule has 4 nitrogen and oxygen atoms in total. The molecule has 0 radical (unpaired) electrons. The Morgan fingerprint density at radius 2 is 1.73 bits per heavy atom. The van der Waals surface area contributed by atoms with Crippen LogP contribution in [0.1, 0.15) is 49.7 Å². The molecule has 154 valence electrons. The molecule has 2 heterocycles. The van der Waals surface area contributed by atoms with Crippen molar-refractivity contribution in [3.63, 3.8) is 0 Å². The van der Waals surface area contributed by atoms with Crippen LogP contribution >= 0.6 is 0 Å². The van der Waals surface area contributed by atoms with Crippen molar-refractivity contribution >= 4 is 5.91 Å². The van der Waals surface area contributed by atoms with Crippen molar-refractivity contribution in [1.29, 1.82) is 0 Å². The predicted molar refractivity (Wildman–Crippen MR) is 114 cm³/mol. The minimum Gasteiger partial charge on any atom is -0.370 e. The van der Waals surface area contributed by atoms with Crippen molar-refractivity contribution in [2.75, 3.05) is 0 Å². The number of benzene rings is 2. The van der Waals surface area contributed by atoms with Gasteiger partial charge in [-0.05, 0) is 67.2 Å². The highest BCUT2D eigenvalue weighted by atomic mass is 19.1. The maximum absolute atomic E-state index is 13.5. The number of fused-ring (bicyclic) bond motifs is 4. The van der Waals surface area contributed by atoms with Crippen molar-refractivity contribution < 1.29 is 9.18 Å². The fourth-order valence-corrected chi connectivity index (χ4v) is 5.27. The average Bonchev–Trinajstić information content (AvgIpc) is 3.31. The Balaban J connectivity index is 0.000000272. The summed E-state index contributed by atoms with van der Waals surface area (Å²) in [7, 11) is 0. The maximum Gasteiger partial charge on any atom is 0.217 e. The summed E-state index contributed by atoms with van der Waals surface area (Å²) in [5.41, 5.74) is 7.81. The maximum atomic E-state index is 13.5. The first-order valence-electron chi connectivity index (χ1n) is 10.8. The second-order valence-corrected chi connectivity index (χ2v) is 8.67. The molecule has 1 amide bonds. The number of carbonyl (C=O) groups excluding carboxylic acids is 1. The molecule has 3 aromatic rings. The van der Waals surface area contributed by atoms with Crippen LogP contribution in [0.2, 0.25) is 0 Å². The number of carbonyl (C=O) groups is 1. The van der Waals surface area contributed by atoms with Gasteiger partial charge in [0.1, 0.15) is 11.6 Å². The van der Waals surface area contributed by atoms with Gasteiger partial charge in [-0.1, -0.05) is 36.4 Å². The van der Waals surface area contributed by atoms with E-state index in [0.717, 1.165) is 22.5 Å². The minimum atomic E-state index is -0.606. The Morgan fingerprint density at radius 3 is 2.33 bits per heavy atom. The number of nitrogens with two attached hydrogens (primary N) is 1. The molecular formula is C25H26FN3O. The van der Waals surface area contributed by atoms with Crippen LogP contribution in [0.3, 0.4) is 0 Å². The molecule has 1 unspecified atom stereocenters. The first-order chi connectivity index (χ1) is 14.6. The average molecular weight is 404 g/mol. The van der Waals surface area contributed by atoms with Crippen LogP contribution in [0.4, 0.5) is 4.39 Å². The number of imidazole rings is 1. The lowest BCUT2D eigenvalue weighted by Crippen LogP contribution is -2.34. The Bertz CT molecular complexity index is 1060. The van der Waals surface area contributed by atoms with E-state index in [-0.39, 0.29) is 18.1 Å². The van der Waals surface area contributed by atoms with E-state index in [0.29, 0.717) is 6.42 Å². The highest BCUT2D eigenvalue weighted by Gasteiger charge is 2.44. The topological polar surface area (TPSA) is 60.9 Å². The summed E-state index contributed by atoms with van der Waals surface area (Å²) in [6.07, 6.45) is 10.6. The zero-order valence-electron chi connectivity index (χ0n) is 16.9. The molecule has 0 bridgehead atoms. The van der Waals surface area contributed by atoms with Gasteiger partial charge in [-0.15, -0.1) is 0 Å². The minimum absolute atomic E-state index is 0.226. The Hall–Kier alpha value is -2.95. The van der Waals surface area contributed by atoms with Crippen LogP contribution in [0, 0.1) is 17.7 Å². The summed E-state index contributed by atoms with van der Waals surface area (Å²) in [4.78, 5) is 16.0. The number of hydrogen-bond acceptors (Lipinski definition) is 2. The van der Waals surface area contributed by atoms with Crippen LogP contribution in [0.15, 0.2) is 60.9 Å². The van der Waals surface area contributed by atoms with Crippen LogP contribution < -0.4 is 5.73 Å². The summed E-state index contributed by atoms with van der Waals surface area (Å²) in [5.74, 6) is 2.62. The Kier molecular flexibility index (Phi) is 4.69. The lowest BCUT2D eigenvalue weighted by molar-refractivity contribution is -0.118. The first-order valence-corrected chi connectivity index (χ1v) is 10.8. The number of halogens is 1. The smallest absolute Gasteiger partial charge is 0.217 e. The number of aromatic nitrogens is 2. The summed E-state index contributed by atoms with van der Waals surface area (Å²) in [6, 6.07) is 14.4. The molecule has 2 N–H and O–H groups in total. The fraction of sp³-hybridized carbons (Fsp3) is 0.360. The zero-order valence-corrected chi connectivity index (χ0v) is 16.9. The van der Waals surface area contributed by atoms with E-state index < -0.39 is 5.54 Å². The van der Waals surface area contributed by atoms with Crippen LogP contribution in [0.5, 0.6) is 0 Å². The van der Waals surface area contributed by atoms with Gasteiger partial charge in [0.25, 0.3) is 0 Å². The number of amides is 1. The van der Waals surface area contributed by atoms with E-state index in [4.69, 9.17) is 5.73 Å². The van der Waals surface area contributed by atoms with Crippen molar-refractivity contribution in [2.45, 2.75) is 44.1 Å². The molecule has 2 saturated carbocycles. The van der Waals surface area contributed by atoms with Gasteiger partial charge >= 0.3 is 0 Å². The molecule has 3 aliphatic rings. The van der Waals surface area contributed by atoms with Gasteiger partial charge in [0.2, 0.25) is 5.91 Å². The molecule has 2 aliphatic carbocycles. The molecule has 0 saturated heterocycles. The Labute approximate surface area is 175 Å². The highest BCUT2D eigenvalue weighted by molar-refractivity contribution is 5.75. The van der Waals surface area contributed by atoms with E-state index in [1.807, 2.05) is 30.5 Å². The van der Waals surface area contributed by atoms with Crippen molar-refractivity contribution in [3.05, 3.63) is 77.9 Å². The van der Waals surface area contributed by atoms with Gasteiger partial charge in [-0.3, -0.25) is 4.79 Å². The molecule has 1 atom stereocenters. The van der Waals surface area contributed by atoms with Gasteiger partial charge < -0.3 is 10.3 Å². The molecule has 2 fully saturated rings. The van der Waals surface area contributed by atoms with Crippen LogP contribution in [-0.4, -0.2) is 15.5 Å². The molecule has 1 aliphatic heterocycles. The van der Waals surface area contributed by atoms with Gasteiger partial charge in [-0.25, -0.2) is 9.37 Å². The van der Waals surface area contributed by atoms with E-state index in [1.54, 1.807) is 44.0 Å². The first kappa shape index (κ1) is 19.0. The second kappa shape index (κ2) is 7.38. The van der Waals surface area contributed by atoms with E-state index >= 15 is 0 Å². The van der Waals surface area contributed by atoms with Crippen molar-refractivity contribution in [2.24, 2.45) is 17.6 Å². The number of hydrogen-bond donors (Lipinski definition) is 1. The monoisotopic (exact) mass is 403 g/mol. The predicted octanol–water partition coefficient (Wildman–Crippen LogP) is 4.87. The lowest BCUT2D eigenvalue weighted by Gasteiger charge is -2.46. The fourth-order valence-electron chi connectivity index (χ4n) is 5.27. The largest absolute Gasteiger partial charge is 0.370 e. The number of nitrogens with zero attached hydrogens (tertiary/aromatic N) is 2. The molecule has 6 rings (SSSR count). The van der Waals surface area contributed by atoms with Gasteiger partial charge in [0.15, 0.2) is 0 Å². The van der Waals surface area contributed by atoms with Crippen LogP contribution in [0.25, 0.3) is 11.4 Å². The van der Waals surface area contributed by atoms with Crippen molar-refractivity contribution in [1.82, 2.24) is 9.55 Å². The van der Waals surface area contributed by atoms with E-state index in [9.17, 15) is 9.18 Å². The summed E-state index contributed by atoms with van der Waals surface area (Å²) in [5, 5.41) is 0. The normalized spacial score (nSPS) is 25.0. The summed E-state index contributed by atoms with van der Waals surface area (Å²) >= 11 is 0. The summed E-state index contributed by atoms with van der Waals surface area (Å²) < 4.78 is 15.5. The van der Waals surface area contributed by atoms with Gasteiger partial charge in [0, 0.05) is 24.4 Å². The lowest BCUT2D eigenvalue weighted by atomic mass is 9.60. The second-order valence-electron chi connectivity index (χ2n) is 8.67. The zero-order chi connectivity index (χ0) is 20.7. The van der Waals surface area contributed by atoms with Gasteiger partial charge in [-0.2, -0.15) is 0 Å². The van der Waals surface area contributed by atoms with E-state index in [1.165, 1.54) is 24.0 Å². The molecule has 5 heteroatoms. The molecule has 1 aromatic heterocycles. The molecule has 30 heavy (non-hydrogen) atoms.